The lowest BCUT2D eigenvalue weighted by Gasteiger charge is -2.12. The van der Waals surface area contributed by atoms with Gasteiger partial charge in [0, 0.05) is 12.1 Å². The summed E-state index contributed by atoms with van der Waals surface area (Å²) in [6, 6.07) is 19.0. The predicted octanol–water partition coefficient (Wildman–Crippen LogP) is 4.43. The van der Waals surface area contributed by atoms with Crippen LogP contribution in [0.25, 0.3) is 0 Å². The average molecular weight is 439 g/mol. The third-order valence-corrected chi connectivity index (χ3v) is 6.13. The summed E-state index contributed by atoms with van der Waals surface area (Å²) < 4.78 is 33.2. The number of carbonyl (C=O) groups is 1. The maximum Gasteiger partial charge on any atom is 0.261 e. The number of sulfonamides is 1. The van der Waals surface area contributed by atoms with E-state index in [2.05, 4.69) is 10.0 Å². The highest BCUT2D eigenvalue weighted by Crippen LogP contribution is 2.21. The van der Waals surface area contributed by atoms with Gasteiger partial charge in [-0.3, -0.25) is 9.52 Å². The van der Waals surface area contributed by atoms with Gasteiger partial charge in [0.05, 0.1) is 17.2 Å². The van der Waals surface area contributed by atoms with Gasteiger partial charge in [-0.05, 0) is 74.4 Å². The Bertz CT molecular complexity index is 1160. The van der Waals surface area contributed by atoms with Crippen LogP contribution in [-0.2, 0) is 16.6 Å². The smallest absolute Gasteiger partial charge is 0.261 e. The van der Waals surface area contributed by atoms with Gasteiger partial charge in [0.1, 0.15) is 5.75 Å². The van der Waals surface area contributed by atoms with Crippen molar-refractivity contribution in [3.05, 3.63) is 89.0 Å². The standard InChI is InChI=1S/C24H26N2O4S/c1-4-30-21-10-7-19(8-11-21)16-25-24(27)20-9-14-23(18(3)15-20)26-31(28,29)22-12-5-17(2)6-13-22/h5-15,26H,4,16H2,1-3H3,(H,25,27). The zero-order valence-electron chi connectivity index (χ0n) is 17.8. The zero-order chi connectivity index (χ0) is 22.4. The molecule has 2 N–H and O–H groups in total. The lowest BCUT2D eigenvalue weighted by atomic mass is 10.1. The minimum Gasteiger partial charge on any atom is -0.494 e. The fraction of sp³-hybridized carbons (Fsp3) is 0.208. The summed E-state index contributed by atoms with van der Waals surface area (Å²) in [4.78, 5) is 12.7. The number of aryl methyl sites for hydroxylation is 2. The second-order valence-electron chi connectivity index (χ2n) is 7.21. The molecule has 0 aromatic heterocycles. The number of benzene rings is 3. The van der Waals surface area contributed by atoms with Gasteiger partial charge in [0.15, 0.2) is 0 Å². The summed E-state index contributed by atoms with van der Waals surface area (Å²) in [7, 11) is -3.70. The molecule has 0 bridgehead atoms. The molecule has 7 heteroatoms. The first-order valence-electron chi connectivity index (χ1n) is 9.98. The van der Waals surface area contributed by atoms with E-state index in [0.717, 1.165) is 16.9 Å². The van der Waals surface area contributed by atoms with Crippen molar-refractivity contribution in [3.63, 3.8) is 0 Å². The Morgan fingerprint density at radius 3 is 2.23 bits per heavy atom. The van der Waals surface area contributed by atoms with E-state index in [1.807, 2.05) is 38.1 Å². The topological polar surface area (TPSA) is 84.5 Å². The molecule has 0 fully saturated rings. The van der Waals surface area contributed by atoms with Crippen LogP contribution in [0.4, 0.5) is 5.69 Å². The number of anilines is 1. The molecule has 0 heterocycles. The molecule has 0 spiro atoms. The molecule has 0 radical (unpaired) electrons. The molecule has 0 aliphatic heterocycles. The first kappa shape index (κ1) is 22.4. The Balaban J connectivity index is 1.65. The van der Waals surface area contributed by atoms with Crippen LogP contribution in [0, 0.1) is 13.8 Å². The van der Waals surface area contributed by atoms with Crippen LogP contribution in [0.1, 0.15) is 34.0 Å². The van der Waals surface area contributed by atoms with Gasteiger partial charge in [-0.2, -0.15) is 0 Å². The van der Waals surface area contributed by atoms with Crippen LogP contribution in [0.3, 0.4) is 0 Å². The number of nitrogens with one attached hydrogen (secondary N) is 2. The number of hydrogen-bond donors (Lipinski definition) is 2. The van der Waals surface area contributed by atoms with Crippen molar-refractivity contribution in [1.82, 2.24) is 5.32 Å². The Hall–Kier alpha value is -3.32. The molecular weight excluding hydrogens is 412 g/mol. The molecule has 6 nitrogen and oxygen atoms in total. The summed E-state index contributed by atoms with van der Waals surface area (Å²) >= 11 is 0. The van der Waals surface area contributed by atoms with E-state index in [1.165, 1.54) is 0 Å². The minimum atomic E-state index is -3.70. The van der Waals surface area contributed by atoms with Gasteiger partial charge in [0.25, 0.3) is 15.9 Å². The molecule has 31 heavy (non-hydrogen) atoms. The van der Waals surface area contributed by atoms with Gasteiger partial charge in [-0.15, -0.1) is 0 Å². The second-order valence-corrected chi connectivity index (χ2v) is 8.89. The Morgan fingerprint density at radius 2 is 1.61 bits per heavy atom. The average Bonchev–Trinajstić information content (AvgIpc) is 2.75. The van der Waals surface area contributed by atoms with Crippen LogP contribution in [0.15, 0.2) is 71.6 Å². The van der Waals surface area contributed by atoms with Crippen molar-refractivity contribution in [2.24, 2.45) is 0 Å². The van der Waals surface area contributed by atoms with Crippen LogP contribution < -0.4 is 14.8 Å². The minimum absolute atomic E-state index is 0.190. The summed E-state index contributed by atoms with van der Waals surface area (Å²) in [6.07, 6.45) is 0. The SMILES string of the molecule is CCOc1ccc(CNC(=O)c2ccc(NS(=O)(=O)c3ccc(C)cc3)c(C)c2)cc1. The number of hydrogen-bond acceptors (Lipinski definition) is 4. The fourth-order valence-corrected chi connectivity index (χ4v) is 4.13. The Morgan fingerprint density at radius 1 is 0.935 bits per heavy atom. The first-order chi connectivity index (χ1) is 14.8. The highest BCUT2D eigenvalue weighted by atomic mass is 32.2. The molecule has 0 atom stereocenters. The number of ether oxygens (including phenoxy) is 1. The van der Waals surface area contributed by atoms with Crippen molar-refractivity contribution in [3.8, 4) is 5.75 Å². The molecule has 0 saturated carbocycles. The maximum atomic E-state index is 12.6. The van der Waals surface area contributed by atoms with E-state index in [0.29, 0.717) is 30.0 Å². The largest absolute Gasteiger partial charge is 0.494 e. The van der Waals surface area contributed by atoms with Crippen LogP contribution >= 0.6 is 0 Å². The quantitative estimate of drug-likeness (QED) is 0.545. The van der Waals surface area contributed by atoms with Crippen molar-refractivity contribution in [2.45, 2.75) is 32.2 Å². The summed E-state index contributed by atoms with van der Waals surface area (Å²) in [5.41, 5.74) is 3.49. The van der Waals surface area contributed by atoms with Gasteiger partial charge in [-0.1, -0.05) is 29.8 Å². The number of amides is 1. The highest BCUT2D eigenvalue weighted by molar-refractivity contribution is 7.92. The molecule has 0 aliphatic rings. The van der Waals surface area contributed by atoms with Crippen LogP contribution in [0.5, 0.6) is 5.75 Å². The second kappa shape index (κ2) is 9.66. The van der Waals surface area contributed by atoms with E-state index < -0.39 is 10.0 Å². The van der Waals surface area contributed by atoms with Crippen molar-refractivity contribution in [1.29, 1.82) is 0 Å². The number of carbonyl (C=O) groups excluding carboxylic acids is 1. The van der Waals surface area contributed by atoms with E-state index in [4.69, 9.17) is 4.74 Å². The van der Waals surface area contributed by atoms with Crippen molar-refractivity contribution in [2.75, 3.05) is 11.3 Å². The van der Waals surface area contributed by atoms with Crippen molar-refractivity contribution >= 4 is 21.6 Å². The molecule has 3 aromatic rings. The number of rotatable bonds is 8. The van der Waals surface area contributed by atoms with Crippen LogP contribution in [0.2, 0.25) is 0 Å². The Kier molecular flexibility index (Phi) is 6.97. The van der Waals surface area contributed by atoms with E-state index in [1.54, 1.807) is 49.4 Å². The van der Waals surface area contributed by atoms with E-state index >= 15 is 0 Å². The predicted molar refractivity (Wildman–Crippen MR) is 122 cm³/mol. The summed E-state index contributed by atoms with van der Waals surface area (Å²) in [6.45, 7) is 6.57. The fourth-order valence-electron chi connectivity index (χ4n) is 3.00. The third kappa shape index (κ3) is 5.86. The zero-order valence-corrected chi connectivity index (χ0v) is 18.6. The maximum absolute atomic E-state index is 12.6. The monoisotopic (exact) mass is 438 g/mol. The summed E-state index contributed by atoms with van der Waals surface area (Å²) in [5.74, 6) is 0.557. The van der Waals surface area contributed by atoms with E-state index in [-0.39, 0.29) is 10.8 Å². The normalized spacial score (nSPS) is 11.1. The molecule has 0 aliphatic carbocycles. The molecule has 3 aromatic carbocycles. The molecule has 3 rings (SSSR count). The van der Waals surface area contributed by atoms with E-state index in [9.17, 15) is 13.2 Å². The Labute approximate surface area is 183 Å². The first-order valence-corrected chi connectivity index (χ1v) is 11.5. The van der Waals surface area contributed by atoms with Gasteiger partial charge in [0.2, 0.25) is 0 Å². The molecule has 0 saturated heterocycles. The lowest BCUT2D eigenvalue weighted by Crippen LogP contribution is -2.23. The third-order valence-electron chi connectivity index (χ3n) is 4.75. The molecule has 162 valence electrons. The van der Waals surface area contributed by atoms with Gasteiger partial charge < -0.3 is 10.1 Å². The molecular formula is C24H26N2O4S. The molecule has 0 unspecified atom stereocenters. The van der Waals surface area contributed by atoms with Gasteiger partial charge in [-0.25, -0.2) is 8.42 Å². The lowest BCUT2D eigenvalue weighted by molar-refractivity contribution is 0.0951. The summed E-state index contributed by atoms with van der Waals surface area (Å²) in [5, 5.41) is 2.87. The molecule has 1 amide bonds. The highest BCUT2D eigenvalue weighted by Gasteiger charge is 2.16. The van der Waals surface area contributed by atoms with Crippen LogP contribution in [-0.4, -0.2) is 20.9 Å². The van der Waals surface area contributed by atoms with Gasteiger partial charge >= 0.3 is 0 Å². The van der Waals surface area contributed by atoms with Crippen molar-refractivity contribution < 1.29 is 17.9 Å².